The standard InChI is InChI=1S/C18H26N4O3/c1-15(23)20-6-8-22(9-7-20)18(24)14-19-16-4-2-3-5-17(16)21-10-12-25-13-11-21/h2-5,19H,6-14H2,1H3. The maximum atomic E-state index is 12.5. The Hall–Kier alpha value is -2.28. The third kappa shape index (κ3) is 4.42. The number of nitrogens with one attached hydrogen (secondary N) is 1. The van der Waals surface area contributed by atoms with Crippen molar-refractivity contribution in [1.29, 1.82) is 0 Å². The molecule has 7 heteroatoms. The molecule has 3 rings (SSSR count). The van der Waals surface area contributed by atoms with Crippen LogP contribution in [-0.2, 0) is 14.3 Å². The second-order valence-corrected chi connectivity index (χ2v) is 6.36. The number of para-hydroxylation sites is 2. The molecule has 1 N–H and O–H groups in total. The predicted molar refractivity (Wildman–Crippen MR) is 96.8 cm³/mol. The molecule has 0 saturated carbocycles. The summed E-state index contributed by atoms with van der Waals surface area (Å²) in [6.07, 6.45) is 0. The van der Waals surface area contributed by atoms with Crippen LogP contribution in [0.25, 0.3) is 0 Å². The van der Waals surface area contributed by atoms with Crippen LogP contribution >= 0.6 is 0 Å². The van der Waals surface area contributed by atoms with Gasteiger partial charge in [0.2, 0.25) is 11.8 Å². The maximum absolute atomic E-state index is 12.5. The molecule has 1 aromatic carbocycles. The van der Waals surface area contributed by atoms with Crippen LogP contribution in [-0.4, -0.2) is 80.6 Å². The molecule has 0 radical (unpaired) electrons. The fraction of sp³-hybridized carbons (Fsp3) is 0.556. The molecule has 0 aromatic heterocycles. The van der Waals surface area contributed by atoms with Crippen molar-refractivity contribution in [1.82, 2.24) is 9.80 Å². The Bertz CT molecular complexity index is 608. The summed E-state index contributed by atoms with van der Waals surface area (Å²) in [7, 11) is 0. The van der Waals surface area contributed by atoms with Gasteiger partial charge in [0.05, 0.1) is 31.1 Å². The Labute approximate surface area is 148 Å². The van der Waals surface area contributed by atoms with Gasteiger partial charge in [-0.15, -0.1) is 0 Å². The summed E-state index contributed by atoms with van der Waals surface area (Å²) in [5.74, 6) is 0.143. The third-order valence-electron chi connectivity index (χ3n) is 4.76. The van der Waals surface area contributed by atoms with Crippen molar-refractivity contribution in [3.63, 3.8) is 0 Å². The lowest BCUT2D eigenvalue weighted by Crippen LogP contribution is -2.51. The number of nitrogens with zero attached hydrogens (tertiary/aromatic N) is 3. The summed E-state index contributed by atoms with van der Waals surface area (Å²) in [6.45, 7) is 7.46. The minimum Gasteiger partial charge on any atom is -0.378 e. The Morgan fingerprint density at radius 3 is 2.32 bits per heavy atom. The van der Waals surface area contributed by atoms with Crippen molar-refractivity contribution in [3.05, 3.63) is 24.3 Å². The summed E-state index contributed by atoms with van der Waals surface area (Å²) in [6, 6.07) is 8.07. The molecule has 0 unspecified atom stereocenters. The van der Waals surface area contributed by atoms with E-state index in [1.807, 2.05) is 23.1 Å². The predicted octanol–water partition coefficient (Wildman–Crippen LogP) is 0.626. The first-order chi connectivity index (χ1) is 12.1. The normalized spacial score (nSPS) is 18.2. The van der Waals surface area contributed by atoms with Crippen LogP contribution in [0.2, 0.25) is 0 Å². The number of ether oxygens (including phenoxy) is 1. The quantitative estimate of drug-likeness (QED) is 0.866. The minimum atomic E-state index is 0.0694. The van der Waals surface area contributed by atoms with E-state index in [1.165, 1.54) is 0 Å². The summed E-state index contributed by atoms with van der Waals surface area (Å²) in [5.41, 5.74) is 2.08. The van der Waals surface area contributed by atoms with Crippen molar-refractivity contribution in [2.45, 2.75) is 6.92 Å². The van der Waals surface area contributed by atoms with Gasteiger partial charge in [0.15, 0.2) is 0 Å². The summed E-state index contributed by atoms with van der Waals surface area (Å²) in [4.78, 5) is 29.7. The molecule has 0 bridgehead atoms. The molecular formula is C18H26N4O3. The highest BCUT2D eigenvalue weighted by Gasteiger charge is 2.22. The van der Waals surface area contributed by atoms with E-state index in [0.29, 0.717) is 26.2 Å². The highest BCUT2D eigenvalue weighted by Crippen LogP contribution is 2.26. The molecule has 2 saturated heterocycles. The molecule has 0 spiro atoms. The van der Waals surface area contributed by atoms with Gasteiger partial charge in [-0.3, -0.25) is 9.59 Å². The zero-order valence-electron chi connectivity index (χ0n) is 14.7. The minimum absolute atomic E-state index is 0.0694. The fourth-order valence-corrected chi connectivity index (χ4v) is 3.26. The number of morpholine rings is 1. The number of amides is 2. The number of benzene rings is 1. The lowest BCUT2D eigenvalue weighted by molar-refractivity contribution is -0.137. The molecule has 2 amide bonds. The number of rotatable bonds is 4. The number of anilines is 2. The second-order valence-electron chi connectivity index (χ2n) is 6.36. The number of piperazine rings is 1. The summed E-state index contributed by atoms with van der Waals surface area (Å²) >= 11 is 0. The molecule has 2 fully saturated rings. The largest absolute Gasteiger partial charge is 0.378 e. The van der Waals surface area contributed by atoms with Gasteiger partial charge >= 0.3 is 0 Å². The van der Waals surface area contributed by atoms with Gasteiger partial charge < -0.3 is 24.8 Å². The van der Waals surface area contributed by atoms with Crippen molar-refractivity contribution in [2.24, 2.45) is 0 Å². The first-order valence-corrected chi connectivity index (χ1v) is 8.84. The van der Waals surface area contributed by atoms with E-state index in [-0.39, 0.29) is 18.4 Å². The number of hydrogen-bond acceptors (Lipinski definition) is 5. The van der Waals surface area contributed by atoms with E-state index in [9.17, 15) is 9.59 Å². The van der Waals surface area contributed by atoms with Gasteiger partial charge in [-0.25, -0.2) is 0 Å². The molecule has 2 aliphatic rings. The SMILES string of the molecule is CC(=O)N1CCN(C(=O)CNc2ccccc2N2CCOCC2)CC1. The molecular weight excluding hydrogens is 320 g/mol. The molecule has 7 nitrogen and oxygen atoms in total. The average Bonchev–Trinajstić information content (AvgIpc) is 2.67. The van der Waals surface area contributed by atoms with Crippen LogP contribution in [0.15, 0.2) is 24.3 Å². The molecule has 2 aliphatic heterocycles. The molecule has 1 aromatic rings. The van der Waals surface area contributed by atoms with E-state index in [1.54, 1.807) is 11.8 Å². The zero-order valence-corrected chi connectivity index (χ0v) is 14.7. The number of carbonyl (C=O) groups excluding carboxylic acids is 2. The van der Waals surface area contributed by atoms with E-state index >= 15 is 0 Å². The van der Waals surface area contributed by atoms with Gasteiger partial charge in [0.25, 0.3) is 0 Å². The van der Waals surface area contributed by atoms with Crippen LogP contribution in [0.1, 0.15) is 6.92 Å². The highest BCUT2D eigenvalue weighted by molar-refractivity contribution is 5.83. The number of carbonyl (C=O) groups is 2. The van der Waals surface area contributed by atoms with Crippen LogP contribution in [0, 0.1) is 0 Å². The van der Waals surface area contributed by atoms with Gasteiger partial charge in [-0.1, -0.05) is 12.1 Å². The number of hydrogen-bond donors (Lipinski definition) is 1. The van der Waals surface area contributed by atoms with Crippen molar-refractivity contribution < 1.29 is 14.3 Å². The summed E-state index contributed by atoms with van der Waals surface area (Å²) < 4.78 is 5.41. The fourth-order valence-electron chi connectivity index (χ4n) is 3.26. The topological polar surface area (TPSA) is 65.1 Å². The monoisotopic (exact) mass is 346 g/mol. The van der Waals surface area contributed by atoms with Crippen LogP contribution in [0.5, 0.6) is 0 Å². The third-order valence-corrected chi connectivity index (χ3v) is 4.76. The molecule has 2 heterocycles. The average molecular weight is 346 g/mol. The van der Waals surface area contributed by atoms with Gasteiger partial charge in [-0.2, -0.15) is 0 Å². The van der Waals surface area contributed by atoms with Crippen molar-refractivity contribution in [2.75, 3.05) is 69.2 Å². The van der Waals surface area contributed by atoms with Crippen LogP contribution in [0.4, 0.5) is 11.4 Å². The highest BCUT2D eigenvalue weighted by atomic mass is 16.5. The van der Waals surface area contributed by atoms with Crippen molar-refractivity contribution in [3.8, 4) is 0 Å². The Morgan fingerprint density at radius 1 is 1.00 bits per heavy atom. The zero-order chi connectivity index (χ0) is 17.6. The van der Waals surface area contributed by atoms with Gasteiger partial charge in [-0.05, 0) is 12.1 Å². The molecule has 25 heavy (non-hydrogen) atoms. The van der Waals surface area contributed by atoms with E-state index in [2.05, 4.69) is 16.3 Å². The van der Waals surface area contributed by atoms with Gasteiger partial charge in [0.1, 0.15) is 0 Å². The first kappa shape index (κ1) is 17.5. The Kier molecular flexibility index (Phi) is 5.75. The van der Waals surface area contributed by atoms with E-state index in [4.69, 9.17) is 4.74 Å². The molecule has 136 valence electrons. The molecule has 0 atom stereocenters. The van der Waals surface area contributed by atoms with E-state index in [0.717, 1.165) is 37.7 Å². The van der Waals surface area contributed by atoms with Crippen LogP contribution < -0.4 is 10.2 Å². The summed E-state index contributed by atoms with van der Waals surface area (Å²) in [5, 5.41) is 3.29. The first-order valence-electron chi connectivity index (χ1n) is 8.84. The molecule has 0 aliphatic carbocycles. The van der Waals surface area contributed by atoms with Crippen LogP contribution in [0.3, 0.4) is 0 Å². The Balaban J connectivity index is 1.55. The van der Waals surface area contributed by atoms with Crippen molar-refractivity contribution >= 4 is 23.2 Å². The lowest BCUT2D eigenvalue weighted by Gasteiger charge is -2.34. The second kappa shape index (κ2) is 8.20. The lowest BCUT2D eigenvalue weighted by atomic mass is 10.2. The smallest absolute Gasteiger partial charge is 0.241 e. The van der Waals surface area contributed by atoms with E-state index < -0.39 is 0 Å². The Morgan fingerprint density at radius 2 is 1.64 bits per heavy atom. The van der Waals surface area contributed by atoms with Gasteiger partial charge in [0, 0.05) is 46.2 Å². The maximum Gasteiger partial charge on any atom is 0.241 e.